The summed E-state index contributed by atoms with van der Waals surface area (Å²) in [7, 11) is 0. The van der Waals surface area contributed by atoms with Gasteiger partial charge >= 0.3 is 5.69 Å². The molecule has 1 aliphatic heterocycles. The lowest BCUT2D eigenvalue weighted by Gasteiger charge is -2.17. The Bertz CT molecular complexity index is 640. The first-order valence-electron chi connectivity index (χ1n) is 5.61. The fourth-order valence-electron chi connectivity index (χ4n) is 1.86. The van der Waals surface area contributed by atoms with Gasteiger partial charge in [0.15, 0.2) is 0 Å². The number of hydrogen-bond acceptors (Lipinski definition) is 6. The van der Waals surface area contributed by atoms with Gasteiger partial charge in [0.2, 0.25) is 5.69 Å². The number of aliphatic hydroxyl groups excluding tert-OH is 1. The van der Waals surface area contributed by atoms with Crippen molar-refractivity contribution in [2.24, 2.45) is 0 Å². The third kappa shape index (κ3) is 4.01. The molecule has 0 aromatic carbocycles. The van der Waals surface area contributed by atoms with E-state index in [-0.39, 0.29) is 13.0 Å². The number of aromatic nitrogens is 2. The van der Waals surface area contributed by atoms with E-state index >= 15 is 0 Å². The van der Waals surface area contributed by atoms with Gasteiger partial charge in [-0.05, 0) is 11.8 Å². The first-order valence-corrected chi connectivity index (χ1v) is 9.44. The second-order valence-corrected chi connectivity index (χ2v) is 9.40. The maximum absolute atomic E-state index is 11.6. The molecule has 1 aromatic heterocycles. The summed E-state index contributed by atoms with van der Waals surface area (Å²) in [5.41, 5.74) is -4.27. The Kier molecular flexibility index (Phi) is 4.85. The van der Waals surface area contributed by atoms with E-state index in [2.05, 4.69) is 29.0 Å². The van der Waals surface area contributed by atoms with Crippen LogP contribution in [0, 0.1) is 0 Å². The van der Waals surface area contributed by atoms with Gasteiger partial charge in [0.05, 0.1) is 12.7 Å². The molecular weight excluding hydrogens is 327 g/mol. The number of nitrogens with zero attached hydrogens (tertiary/aromatic N) is 1. The summed E-state index contributed by atoms with van der Waals surface area (Å²) in [6.45, 7) is -0.132. The molecule has 0 bridgehead atoms. The molecule has 2 heterocycles. The Hall–Kier alpha value is -0.480. The summed E-state index contributed by atoms with van der Waals surface area (Å²) < 4.78 is 11.6. The number of thiol groups is 1. The van der Waals surface area contributed by atoms with Crippen LogP contribution in [0.25, 0.3) is 0 Å². The van der Waals surface area contributed by atoms with Crippen LogP contribution in [0.4, 0.5) is 0 Å². The molecule has 3 N–H and O–H groups in total. The van der Waals surface area contributed by atoms with E-state index in [1.165, 1.54) is 16.8 Å². The summed E-state index contributed by atoms with van der Waals surface area (Å²) in [5.74, 6) is 0. The third-order valence-corrected chi connectivity index (χ3v) is 3.92. The van der Waals surface area contributed by atoms with Crippen LogP contribution in [-0.2, 0) is 21.1 Å². The lowest BCUT2D eigenvalue weighted by molar-refractivity contribution is -0.0402. The van der Waals surface area contributed by atoms with Gasteiger partial charge in [-0.25, -0.2) is 4.79 Å². The minimum atomic E-state index is -3.13. The summed E-state index contributed by atoms with van der Waals surface area (Å²) >= 11 is 8.30. The van der Waals surface area contributed by atoms with Crippen molar-refractivity contribution < 1.29 is 19.3 Å². The number of nitrogens with one attached hydrogen (secondary N) is 1. The van der Waals surface area contributed by atoms with E-state index in [9.17, 15) is 19.6 Å². The van der Waals surface area contributed by atoms with Crippen molar-refractivity contribution in [3.05, 3.63) is 33.1 Å². The van der Waals surface area contributed by atoms with Crippen LogP contribution >= 0.6 is 17.9 Å². The zero-order valence-electron chi connectivity index (χ0n) is 10.1. The molecule has 1 aromatic rings. The van der Waals surface area contributed by atoms with E-state index in [1.807, 2.05) is 0 Å². The Morgan fingerprint density at radius 1 is 1.65 bits per heavy atom. The summed E-state index contributed by atoms with van der Waals surface area (Å²) in [4.78, 5) is 33.9. The van der Waals surface area contributed by atoms with Gasteiger partial charge in [-0.3, -0.25) is 14.3 Å². The van der Waals surface area contributed by atoms with Gasteiger partial charge in [0.25, 0.3) is 5.56 Å². The molecule has 1 aliphatic rings. The molecule has 1 fully saturated rings. The number of ether oxygens (including phenoxy) is 1. The number of aromatic amines is 1. The van der Waals surface area contributed by atoms with E-state index in [1.54, 1.807) is 0 Å². The molecule has 112 valence electrons. The van der Waals surface area contributed by atoms with E-state index in [0.29, 0.717) is 0 Å². The fourth-order valence-corrected chi connectivity index (χ4v) is 2.58. The van der Waals surface area contributed by atoms with Crippen LogP contribution in [0.15, 0.2) is 21.9 Å². The Labute approximate surface area is 123 Å². The molecule has 1 unspecified atom stereocenters. The smallest absolute Gasteiger partial charge is 0.330 e. The average Bonchev–Trinajstić information content (AvgIpc) is 2.67. The van der Waals surface area contributed by atoms with E-state index in [4.69, 9.17) is 9.26 Å². The van der Waals surface area contributed by atoms with Gasteiger partial charge in [-0.1, -0.05) is 12.2 Å². The molecule has 4 atom stereocenters. The Morgan fingerprint density at radius 2 is 2.35 bits per heavy atom. The molecule has 20 heavy (non-hydrogen) atoms. The molecule has 8 nitrogen and oxygen atoms in total. The molecule has 0 aliphatic carbocycles. The largest absolute Gasteiger partial charge is 0.390 e. The van der Waals surface area contributed by atoms with Gasteiger partial charge in [0.1, 0.15) is 12.3 Å². The predicted molar refractivity (Wildman–Crippen MR) is 77.3 cm³/mol. The van der Waals surface area contributed by atoms with Crippen molar-refractivity contribution in [2.45, 2.75) is 24.9 Å². The highest BCUT2D eigenvalue weighted by Crippen LogP contribution is 2.47. The van der Waals surface area contributed by atoms with Crippen molar-refractivity contribution in [3.8, 4) is 0 Å². The Balaban J connectivity index is 2.08. The first-order chi connectivity index (χ1) is 9.26. The predicted octanol–water partition coefficient (Wildman–Crippen LogP) is -0.652. The topological polar surface area (TPSA) is 114 Å². The fraction of sp³-hybridized carbons (Fsp3) is 0.556. The number of rotatable bonds is 4. The van der Waals surface area contributed by atoms with E-state index < -0.39 is 35.4 Å². The van der Waals surface area contributed by atoms with E-state index in [0.717, 1.165) is 0 Å². The van der Waals surface area contributed by atoms with Gasteiger partial charge in [-0.15, -0.1) is 0 Å². The first kappa shape index (κ1) is 15.9. The van der Waals surface area contributed by atoms with Crippen molar-refractivity contribution in [3.63, 3.8) is 0 Å². The van der Waals surface area contributed by atoms with Crippen molar-refractivity contribution >= 4 is 29.7 Å². The highest BCUT2D eigenvalue weighted by Gasteiger charge is 2.36. The molecule has 1 saturated heterocycles. The lowest BCUT2D eigenvalue weighted by Crippen LogP contribution is -2.31. The highest BCUT2D eigenvalue weighted by molar-refractivity contribution is 8.59. The SMILES string of the molecule is O=c1ccn([C@H]2C[C@H](O)[C@@H](COP(O)(=S)S)O2)c(=O)[nH]1. The second-order valence-electron chi connectivity index (χ2n) is 4.24. The maximum Gasteiger partial charge on any atom is 0.330 e. The zero-order chi connectivity index (χ0) is 14.9. The van der Waals surface area contributed by atoms with Gasteiger partial charge in [0, 0.05) is 18.7 Å². The van der Waals surface area contributed by atoms with Crippen molar-refractivity contribution in [1.29, 1.82) is 0 Å². The van der Waals surface area contributed by atoms with Crippen LogP contribution in [0.1, 0.15) is 12.6 Å². The monoisotopic (exact) mass is 340 g/mol. The molecule has 11 heteroatoms. The normalized spacial score (nSPS) is 29.2. The summed E-state index contributed by atoms with van der Waals surface area (Å²) in [5, 5.41) is 9.84. The van der Waals surface area contributed by atoms with Crippen LogP contribution in [0.5, 0.6) is 0 Å². The van der Waals surface area contributed by atoms with Crippen LogP contribution in [0.2, 0.25) is 0 Å². The molecule has 0 spiro atoms. The van der Waals surface area contributed by atoms with Crippen molar-refractivity contribution in [2.75, 3.05) is 6.61 Å². The zero-order valence-corrected chi connectivity index (χ0v) is 12.7. The van der Waals surface area contributed by atoms with Crippen LogP contribution < -0.4 is 11.2 Å². The van der Waals surface area contributed by atoms with Crippen LogP contribution in [0.3, 0.4) is 0 Å². The molecule has 0 amide bonds. The summed E-state index contributed by atoms with van der Waals surface area (Å²) in [6.07, 6.45) is -0.897. The number of H-pyrrole nitrogens is 1. The average molecular weight is 340 g/mol. The molecule has 0 radical (unpaired) electrons. The molecule has 0 saturated carbocycles. The molecule has 2 rings (SSSR count). The minimum Gasteiger partial charge on any atom is -0.390 e. The lowest BCUT2D eigenvalue weighted by atomic mass is 10.2. The summed E-state index contributed by atoms with van der Waals surface area (Å²) in [6, 6.07) is 1.18. The maximum atomic E-state index is 11.6. The number of aliphatic hydroxyl groups is 1. The van der Waals surface area contributed by atoms with Crippen molar-refractivity contribution in [1.82, 2.24) is 9.55 Å². The van der Waals surface area contributed by atoms with Crippen LogP contribution in [-0.4, -0.2) is 38.4 Å². The highest BCUT2D eigenvalue weighted by atomic mass is 32.9. The minimum absolute atomic E-state index is 0.132. The number of hydrogen-bond donors (Lipinski definition) is 4. The van der Waals surface area contributed by atoms with Gasteiger partial charge in [-0.2, -0.15) is 0 Å². The second kappa shape index (κ2) is 6.10. The standard InChI is InChI=1S/C9H13N2O6PS2/c12-5-3-8(11-2-1-7(13)10-9(11)14)17-6(5)4-16-18(15,19)20/h1-2,5-6,8,12H,3-4H2,(H,10,13,14)(H2,15,19,20)/t5-,6+,8+/m0/s1. The third-order valence-electron chi connectivity index (χ3n) is 2.77. The Morgan fingerprint density at radius 3 is 2.95 bits per heavy atom. The molecular formula is C9H13N2O6PS2. The quantitative estimate of drug-likeness (QED) is 0.425. The van der Waals surface area contributed by atoms with Gasteiger partial charge < -0.3 is 19.3 Å².